The van der Waals surface area contributed by atoms with Gasteiger partial charge in [0.05, 0.1) is 0 Å². The van der Waals surface area contributed by atoms with Crippen LogP contribution in [0, 0.1) is 0 Å². The monoisotopic (exact) mass is 598 g/mol. The standard InChI is InChI=1S/C45H42O/c1-9-14-30-25-41-37(23-28(30)10-2)36-24-31(17-22-40(36)46-41)43-35-21-19-32(44(3,4)5)26-38(35)42(29-15-12-11-13-16-29)34-20-18-33(27-39(34)43)45(6,7)8/h9-27H,2H2,1,3-8H3/b14-9-. The summed E-state index contributed by atoms with van der Waals surface area (Å²) in [7, 11) is 0. The van der Waals surface area contributed by atoms with Crippen LogP contribution in [0.4, 0.5) is 0 Å². The molecule has 0 unspecified atom stereocenters. The van der Waals surface area contributed by atoms with E-state index in [0.29, 0.717) is 0 Å². The molecule has 0 atom stereocenters. The molecule has 0 radical (unpaired) electrons. The van der Waals surface area contributed by atoms with Gasteiger partial charge in [-0.05, 0) is 120 Å². The van der Waals surface area contributed by atoms with Crippen LogP contribution >= 0.6 is 0 Å². The third kappa shape index (κ3) is 4.95. The average Bonchev–Trinajstić information content (AvgIpc) is 3.38. The van der Waals surface area contributed by atoms with Gasteiger partial charge in [0.2, 0.25) is 0 Å². The van der Waals surface area contributed by atoms with E-state index < -0.39 is 0 Å². The summed E-state index contributed by atoms with van der Waals surface area (Å²) in [5.41, 5.74) is 11.7. The van der Waals surface area contributed by atoms with Gasteiger partial charge in [-0.15, -0.1) is 0 Å². The second-order valence-electron chi connectivity index (χ2n) is 14.6. The van der Waals surface area contributed by atoms with Crippen LogP contribution in [0.25, 0.3) is 77.9 Å². The summed E-state index contributed by atoms with van der Waals surface area (Å²) >= 11 is 0. The highest BCUT2D eigenvalue weighted by molar-refractivity contribution is 6.22. The summed E-state index contributed by atoms with van der Waals surface area (Å²) in [6.45, 7) is 19.9. The largest absolute Gasteiger partial charge is 0.456 e. The molecule has 0 fully saturated rings. The summed E-state index contributed by atoms with van der Waals surface area (Å²) in [6.07, 6.45) is 6.10. The maximum atomic E-state index is 6.43. The number of hydrogen-bond donors (Lipinski definition) is 0. The van der Waals surface area contributed by atoms with Gasteiger partial charge in [-0.25, -0.2) is 0 Å². The molecule has 1 heterocycles. The van der Waals surface area contributed by atoms with Gasteiger partial charge >= 0.3 is 0 Å². The van der Waals surface area contributed by atoms with Gasteiger partial charge < -0.3 is 4.42 Å². The lowest BCUT2D eigenvalue weighted by atomic mass is 9.79. The van der Waals surface area contributed by atoms with E-state index in [0.717, 1.165) is 33.1 Å². The zero-order valence-corrected chi connectivity index (χ0v) is 28.1. The smallest absolute Gasteiger partial charge is 0.136 e. The Morgan fingerprint density at radius 2 is 1.11 bits per heavy atom. The van der Waals surface area contributed by atoms with Crippen molar-refractivity contribution >= 4 is 55.6 Å². The Balaban J connectivity index is 1.63. The first-order valence-corrected chi connectivity index (χ1v) is 16.3. The lowest BCUT2D eigenvalue weighted by Crippen LogP contribution is -2.11. The quantitative estimate of drug-likeness (QED) is 0.184. The fourth-order valence-electron chi connectivity index (χ4n) is 6.90. The van der Waals surface area contributed by atoms with E-state index in [-0.39, 0.29) is 10.8 Å². The van der Waals surface area contributed by atoms with Gasteiger partial charge in [0.15, 0.2) is 0 Å². The van der Waals surface area contributed by atoms with Gasteiger partial charge in [0.25, 0.3) is 0 Å². The Labute approximate surface area is 272 Å². The third-order valence-corrected chi connectivity index (χ3v) is 9.44. The van der Waals surface area contributed by atoms with Crippen molar-refractivity contribution in [3.05, 3.63) is 132 Å². The Bertz CT molecular complexity index is 2330. The highest BCUT2D eigenvalue weighted by Gasteiger charge is 2.23. The molecule has 1 heteroatoms. The van der Waals surface area contributed by atoms with Gasteiger partial charge in [0.1, 0.15) is 11.2 Å². The number of allylic oxidation sites excluding steroid dienone is 1. The average molecular weight is 599 g/mol. The maximum absolute atomic E-state index is 6.43. The SMILES string of the molecule is C=Cc1cc2c(cc1/C=C\C)oc1ccc(-c3c4ccc(C(C)(C)C)cc4c(-c4ccccc4)c4ccc(C(C)(C)C)cc34)cc12. The molecular weight excluding hydrogens is 556 g/mol. The van der Waals surface area contributed by atoms with Crippen molar-refractivity contribution in [3.8, 4) is 22.3 Å². The first kappa shape index (κ1) is 29.8. The lowest BCUT2D eigenvalue weighted by molar-refractivity contribution is 0.590. The van der Waals surface area contributed by atoms with Crippen molar-refractivity contribution in [2.75, 3.05) is 0 Å². The molecule has 228 valence electrons. The molecule has 1 nitrogen and oxygen atoms in total. The minimum atomic E-state index is 0.0138. The molecule has 46 heavy (non-hydrogen) atoms. The van der Waals surface area contributed by atoms with Crippen molar-refractivity contribution in [1.29, 1.82) is 0 Å². The molecular formula is C45H42O. The summed E-state index contributed by atoms with van der Waals surface area (Å²) in [4.78, 5) is 0. The molecule has 0 N–H and O–H groups in total. The second-order valence-corrected chi connectivity index (χ2v) is 14.6. The fourth-order valence-corrected chi connectivity index (χ4v) is 6.90. The lowest BCUT2D eigenvalue weighted by Gasteiger charge is -2.25. The molecule has 0 aliphatic rings. The van der Waals surface area contributed by atoms with E-state index in [2.05, 4.69) is 157 Å². The number of hydrogen-bond acceptors (Lipinski definition) is 1. The molecule has 0 aliphatic heterocycles. The zero-order valence-electron chi connectivity index (χ0n) is 28.1. The molecule has 0 saturated carbocycles. The molecule has 0 spiro atoms. The Morgan fingerprint density at radius 1 is 0.522 bits per heavy atom. The normalized spacial score (nSPS) is 12.7. The van der Waals surface area contributed by atoms with Crippen LogP contribution in [0.3, 0.4) is 0 Å². The second kappa shape index (κ2) is 10.9. The molecule has 7 aromatic rings. The number of fused-ring (bicyclic) bond motifs is 5. The van der Waals surface area contributed by atoms with Crippen LogP contribution in [0.2, 0.25) is 0 Å². The summed E-state index contributed by atoms with van der Waals surface area (Å²) < 4.78 is 6.43. The highest BCUT2D eigenvalue weighted by atomic mass is 16.3. The molecule has 1 aromatic heterocycles. The van der Waals surface area contributed by atoms with Crippen molar-refractivity contribution in [1.82, 2.24) is 0 Å². The predicted octanol–water partition coefficient (Wildman–Crippen LogP) is 13.5. The van der Waals surface area contributed by atoms with Crippen molar-refractivity contribution in [2.45, 2.75) is 59.3 Å². The molecule has 6 aromatic carbocycles. The van der Waals surface area contributed by atoms with Crippen molar-refractivity contribution in [2.24, 2.45) is 0 Å². The fraction of sp³-hybridized carbons (Fsp3) is 0.200. The van der Waals surface area contributed by atoms with Gasteiger partial charge in [-0.1, -0.05) is 127 Å². The number of benzene rings is 6. The number of furan rings is 1. The van der Waals surface area contributed by atoms with Crippen LogP contribution in [0.5, 0.6) is 0 Å². The topological polar surface area (TPSA) is 13.1 Å². The Hall–Kier alpha value is -4.88. The highest BCUT2D eigenvalue weighted by Crippen LogP contribution is 2.47. The molecule has 0 aliphatic carbocycles. The van der Waals surface area contributed by atoms with Gasteiger partial charge in [-0.3, -0.25) is 0 Å². The van der Waals surface area contributed by atoms with Gasteiger partial charge in [0, 0.05) is 10.8 Å². The molecule has 0 amide bonds. The predicted molar refractivity (Wildman–Crippen MR) is 202 cm³/mol. The summed E-state index contributed by atoms with van der Waals surface area (Å²) in [5, 5.41) is 7.33. The molecule has 0 saturated heterocycles. The van der Waals surface area contributed by atoms with E-state index in [1.165, 1.54) is 54.9 Å². The number of rotatable bonds is 4. The van der Waals surface area contributed by atoms with Crippen LogP contribution in [0.15, 0.2) is 114 Å². The maximum Gasteiger partial charge on any atom is 0.136 e. The third-order valence-electron chi connectivity index (χ3n) is 9.44. The first-order chi connectivity index (χ1) is 22.0. The summed E-state index contributed by atoms with van der Waals surface area (Å²) in [6, 6.07) is 36.2. The Kier molecular flexibility index (Phi) is 7.05. The first-order valence-electron chi connectivity index (χ1n) is 16.3. The minimum absolute atomic E-state index is 0.0138. The van der Waals surface area contributed by atoms with E-state index in [4.69, 9.17) is 4.42 Å². The van der Waals surface area contributed by atoms with E-state index in [1.807, 2.05) is 13.0 Å². The van der Waals surface area contributed by atoms with Gasteiger partial charge in [-0.2, -0.15) is 0 Å². The zero-order chi connectivity index (χ0) is 32.4. The van der Waals surface area contributed by atoms with E-state index in [1.54, 1.807) is 0 Å². The van der Waals surface area contributed by atoms with E-state index >= 15 is 0 Å². The van der Waals surface area contributed by atoms with Crippen molar-refractivity contribution in [3.63, 3.8) is 0 Å². The minimum Gasteiger partial charge on any atom is -0.456 e. The molecule has 0 bridgehead atoms. The van der Waals surface area contributed by atoms with E-state index in [9.17, 15) is 0 Å². The molecule has 7 rings (SSSR count). The summed E-state index contributed by atoms with van der Waals surface area (Å²) in [5.74, 6) is 0. The van der Waals surface area contributed by atoms with Crippen molar-refractivity contribution < 1.29 is 4.42 Å². The Morgan fingerprint density at radius 3 is 1.67 bits per heavy atom. The van der Waals surface area contributed by atoms with Crippen LogP contribution < -0.4 is 0 Å². The van der Waals surface area contributed by atoms with Crippen LogP contribution in [-0.2, 0) is 10.8 Å². The van der Waals surface area contributed by atoms with Crippen LogP contribution in [-0.4, -0.2) is 0 Å². The van der Waals surface area contributed by atoms with Crippen LogP contribution in [0.1, 0.15) is 70.7 Å².